The summed E-state index contributed by atoms with van der Waals surface area (Å²) in [5, 5.41) is 11.2. The van der Waals surface area contributed by atoms with Crippen LogP contribution >= 0.6 is 0 Å². The second-order valence-corrected chi connectivity index (χ2v) is 5.90. The molecule has 1 aliphatic heterocycles. The molecule has 2 aromatic rings. The fraction of sp³-hybridized carbons (Fsp3) is 0.412. The first-order valence-corrected chi connectivity index (χ1v) is 8.31. The summed E-state index contributed by atoms with van der Waals surface area (Å²) in [5.74, 6) is 1.03. The first-order chi connectivity index (χ1) is 12.1. The molecule has 1 aromatic carbocycles. The molecule has 0 unspecified atom stereocenters. The molecule has 1 amide bonds. The Kier molecular flexibility index (Phi) is 5.37. The molecule has 0 atom stereocenters. The molecule has 0 saturated carbocycles. The number of anilines is 2. The average Bonchev–Trinajstić information content (AvgIpc) is 2.64. The third kappa shape index (κ3) is 4.40. The Hall–Kier alpha value is -2.77. The molecule has 0 spiro atoms. The molecule has 1 fully saturated rings. The SMILES string of the molecule is CC(=O)N1CCN(c2nncc(NCCc3ccccc3F)n2)CC1. The molecular weight excluding hydrogens is 323 g/mol. The van der Waals surface area contributed by atoms with Gasteiger partial charge in [-0.25, -0.2) is 4.39 Å². The second kappa shape index (κ2) is 7.87. The van der Waals surface area contributed by atoms with Gasteiger partial charge in [0.1, 0.15) is 5.82 Å². The van der Waals surface area contributed by atoms with Gasteiger partial charge in [0, 0.05) is 39.6 Å². The van der Waals surface area contributed by atoms with Crippen molar-refractivity contribution in [2.24, 2.45) is 0 Å². The lowest BCUT2D eigenvalue weighted by molar-refractivity contribution is -0.129. The van der Waals surface area contributed by atoms with Crippen molar-refractivity contribution in [1.82, 2.24) is 20.1 Å². The summed E-state index contributed by atoms with van der Waals surface area (Å²) in [6.07, 6.45) is 2.11. The molecule has 25 heavy (non-hydrogen) atoms. The molecule has 8 heteroatoms. The highest BCUT2D eigenvalue weighted by atomic mass is 19.1. The van der Waals surface area contributed by atoms with E-state index in [0.717, 1.165) is 0 Å². The van der Waals surface area contributed by atoms with Gasteiger partial charge in [0.25, 0.3) is 0 Å². The highest BCUT2D eigenvalue weighted by molar-refractivity contribution is 5.73. The fourth-order valence-corrected chi connectivity index (χ4v) is 2.76. The van der Waals surface area contributed by atoms with E-state index in [0.29, 0.717) is 56.5 Å². The molecule has 1 aromatic heterocycles. The summed E-state index contributed by atoms with van der Waals surface area (Å²) in [6, 6.07) is 6.73. The van der Waals surface area contributed by atoms with Gasteiger partial charge >= 0.3 is 0 Å². The maximum atomic E-state index is 13.6. The van der Waals surface area contributed by atoms with Crippen LogP contribution in [0.25, 0.3) is 0 Å². The minimum atomic E-state index is -0.200. The Bertz CT molecular complexity index is 733. The third-order valence-electron chi connectivity index (χ3n) is 4.21. The van der Waals surface area contributed by atoms with Crippen molar-refractivity contribution in [1.29, 1.82) is 0 Å². The minimum Gasteiger partial charge on any atom is -0.368 e. The third-order valence-corrected chi connectivity index (χ3v) is 4.21. The standard InChI is InChI=1S/C17H21FN6O/c1-13(25)23-8-10-24(11-9-23)17-21-16(12-20-22-17)19-7-6-14-4-2-3-5-15(14)18/h2-5,12H,6-11H2,1H3,(H,19,21,22). The van der Waals surface area contributed by atoms with Crippen LogP contribution in [0.4, 0.5) is 16.2 Å². The van der Waals surface area contributed by atoms with Crippen LogP contribution in [-0.2, 0) is 11.2 Å². The van der Waals surface area contributed by atoms with Crippen LogP contribution < -0.4 is 10.2 Å². The first-order valence-electron chi connectivity index (χ1n) is 8.31. The molecule has 0 aliphatic carbocycles. The zero-order chi connectivity index (χ0) is 17.6. The van der Waals surface area contributed by atoms with E-state index in [-0.39, 0.29) is 11.7 Å². The maximum absolute atomic E-state index is 13.6. The van der Waals surface area contributed by atoms with E-state index in [1.54, 1.807) is 30.2 Å². The van der Waals surface area contributed by atoms with Gasteiger partial charge in [-0.1, -0.05) is 18.2 Å². The predicted molar refractivity (Wildman–Crippen MR) is 92.9 cm³/mol. The maximum Gasteiger partial charge on any atom is 0.247 e. The van der Waals surface area contributed by atoms with Crippen molar-refractivity contribution in [3.63, 3.8) is 0 Å². The number of nitrogens with one attached hydrogen (secondary N) is 1. The molecule has 0 radical (unpaired) electrons. The topological polar surface area (TPSA) is 74.2 Å². The van der Waals surface area contributed by atoms with E-state index < -0.39 is 0 Å². The second-order valence-electron chi connectivity index (χ2n) is 5.90. The predicted octanol–water partition coefficient (Wildman–Crippen LogP) is 1.33. The van der Waals surface area contributed by atoms with Crippen LogP contribution in [0, 0.1) is 5.82 Å². The smallest absolute Gasteiger partial charge is 0.247 e. The van der Waals surface area contributed by atoms with Crippen molar-refractivity contribution >= 4 is 17.7 Å². The molecule has 1 N–H and O–H groups in total. The first kappa shape index (κ1) is 17.1. The van der Waals surface area contributed by atoms with Crippen molar-refractivity contribution in [2.75, 3.05) is 42.9 Å². The lowest BCUT2D eigenvalue weighted by atomic mass is 10.1. The molecular formula is C17H21FN6O. The summed E-state index contributed by atoms with van der Waals surface area (Å²) < 4.78 is 13.6. The van der Waals surface area contributed by atoms with E-state index in [1.165, 1.54) is 6.07 Å². The normalized spacial score (nSPS) is 14.5. The summed E-state index contributed by atoms with van der Waals surface area (Å²) >= 11 is 0. The lowest BCUT2D eigenvalue weighted by Gasteiger charge is -2.33. The Labute approximate surface area is 145 Å². The summed E-state index contributed by atoms with van der Waals surface area (Å²) in [4.78, 5) is 19.7. The lowest BCUT2D eigenvalue weighted by Crippen LogP contribution is -2.48. The molecule has 0 bridgehead atoms. The van der Waals surface area contributed by atoms with E-state index >= 15 is 0 Å². The fourth-order valence-electron chi connectivity index (χ4n) is 2.76. The zero-order valence-electron chi connectivity index (χ0n) is 14.2. The largest absolute Gasteiger partial charge is 0.368 e. The van der Waals surface area contributed by atoms with Crippen molar-refractivity contribution in [3.05, 3.63) is 41.8 Å². The van der Waals surface area contributed by atoms with Crippen LogP contribution in [0.1, 0.15) is 12.5 Å². The summed E-state index contributed by atoms with van der Waals surface area (Å²) in [6.45, 7) is 4.80. The molecule has 132 valence electrons. The highest BCUT2D eigenvalue weighted by Crippen LogP contribution is 2.13. The van der Waals surface area contributed by atoms with Crippen molar-refractivity contribution < 1.29 is 9.18 Å². The Morgan fingerprint density at radius 3 is 2.72 bits per heavy atom. The van der Waals surface area contributed by atoms with E-state index in [4.69, 9.17) is 0 Å². The van der Waals surface area contributed by atoms with Gasteiger partial charge in [0.05, 0.1) is 6.20 Å². The van der Waals surface area contributed by atoms with Gasteiger partial charge < -0.3 is 15.1 Å². The van der Waals surface area contributed by atoms with Crippen LogP contribution in [0.2, 0.25) is 0 Å². The monoisotopic (exact) mass is 344 g/mol. The summed E-state index contributed by atoms with van der Waals surface area (Å²) in [7, 11) is 0. The van der Waals surface area contributed by atoms with Gasteiger partial charge in [-0.3, -0.25) is 4.79 Å². The molecule has 1 saturated heterocycles. The number of hydrogen-bond acceptors (Lipinski definition) is 6. The number of halogens is 1. The number of hydrogen-bond donors (Lipinski definition) is 1. The van der Waals surface area contributed by atoms with Crippen LogP contribution in [0.15, 0.2) is 30.5 Å². The Morgan fingerprint density at radius 1 is 1.24 bits per heavy atom. The molecule has 7 nitrogen and oxygen atoms in total. The zero-order valence-corrected chi connectivity index (χ0v) is 14.2. The van der Waals surface area contributed by atoms with E-state index in [2.05, 4.69) is 20.5 Å². The van der Waals surface area contributed by atoms with Crippen LogP contribution in [0.3, 0.4) is 0 Å². The summed E-state index contributed by atoms with van der Waals surface area (Å²) in [5.41, 5.74) is 0.664. The molecule has 2 heterocycles. The van der Waals surface area contributed by atoms with Gasteiger partial charge in [0.2, 0.25) is 11.9 Å². The number of piperazine rings is 1. The van der Waals surface area contributed by atoms with Gasteiger partial charge in [0.15, 0.2) is 5.82 Å². The molecule has 3 rings (SSSR count). The Morgan fingerprint density at radius 2 is 2.00 bits per heavy atom. The number of benzene rings is 1. The average molecular weight is 344 g/mol. The number of nitrogens with zero attached hydrogens (tertiary/aromatic N) is 5. The number of rotatable bonds is 5. The highest BCUT2D eigenvalue weighted by Gasteiger charge is 2.20. The van der Waals surface area contributed by atoms with E-state index in [1.807, 2.05) is 11.0 Å². The van der Waals surface area contributed by atoms with Gasteiger partial charge in [-0.2, -0.15) is 10.1 Å². The van der Waals surface area contributed by atoms with Crippen molar-refractivity contribution in [2.45, 2.75) is 13.3 Å². The molecule has 1 aliphatic rings. The minimum absolute atomic E-state index is 0.0854. The number of aromatic nitrogens is 3. The number of amides is 1. The van der Waals surface area contributed by atoms with Gasteiger partial charge in [-0.05, 0) is 18.1 Å². The van der Waals surface area contributed by atoms with Gasteiger partial charge in [-0.15, -0.1) is 5.10 Å². The van der Waals surface area contributed by atoms with E-state index in [9.17, 15) is 9.18 Å². The number of carbonyl (C=O) groups is 1. The Balaban J connectivity index is 1.55. The van der Waals surface area contributed by atoms with Crippen molar-refractivity contribution in [3.8, 4) is 0 Å². The number of carbonyl (C=O) groups excluding carboxylic acids is 1. The van der Waals surface area contributed by atoms with Crippen LogP contribution in [0.5, 0.6) is 0 Å². The quantitative estimate of drug-likeness (QED) is 0.882. The van der Waals surface area contributed by atoms with Crippen LogP contribution in [-0.4, -0.2) is 58.7 Å².